The van der Waals surface area contributed by atoms with E-state index in [2.05, 4.69) is 43.8 Å². The Labute approximate surface area is 137 Å². The van der Waals surface area contributed by atoms with Gasteiger partial charge in [0.1, 0.15) is 0 Å². The third-order valence-electron chi connectivity index (χ3n) is 2.25. The van der Waals surface area contributed by atoms with Gasteiger partial charge in [0.25, 0.3) is 0 Å². The van der Waals surface area contributed by atoms with Crippen LogP contribution in [0.5, 0.6) is 0 Å². The Hall–Kier alpha value is -0.170. The first-order valence-corrected chi connectivity index (χ1v) is 7.57. The Morgan fingerprint density at radius 1 is 1.11 bits per heavy atom. The van der Waals surface area contributed by atoms with Crippen molar-refractivity contribution in [2.45, 2.75) is 0 Å². The maximum Gasteiger partial charge on any atom is 0.0764 e. The molecule has 0 atom stereocenters. The average molecular weight is 458 g/mol. The molecule has 0 bridgehead atoms. The fourth-order valence-electron chi connectivity index (χ4n) is 1.44. The smallest absolute Gasteiger partial charge is 0.0764 e. The van der Waals surface area contributed by atoms with Gasteiger partial charge in [0.15, 0.2) is 0 Å². The number of halogens is 4. The predicted molar refractivity (Wildman–Crippen MR) is 91.0 cm³/mol. The van der Waals surface area contributed by atoms with Gasteiger partial charge in [0, 0.05) is 13.7 Å². The molecule has 0 aliphatic heterocycles. The summed E-state index contributed by atoms with van der Waals surface area (Å²) in [6.45, 7) is 0. The van der Waals surface area contributed by atoms with E-state index in [1.54, 1.807) is 12.1 Å². The predicted octanol–water partition coefficient (Wildman–Crippen LogP) is 5.69. The lowest BCUT2D eigenvalue weighted by molar-refractivity contribution is 1.50. The van der Waals surface area contributed by atoms with E-state index < -0.39 is 0 Å². The Kier molecular flexibility index (Phi) is 4.64. The molecule has 2 aromatic carbocycles. The molecule has 6 heteroatoms. The molecule has 94 valence electrons. The number of nitrogens with one attached hydrogen (secondary N) is 1. The summed E-state index contributed by atoms with van der Waals surface area (Å²) in [6, 6.07) is 9.26. The zero-order valence-electron chi connectivity index (χ0n) is 8.98. The largest absolute Gasteiger partial charge is 0.399 e. The molecule has 2 nitrogen and oxygen atoms in total. The van der Waals surface area contributed by atoms with Crippen LogP contribution in [0.3, 0.4) is 0 Å². The second kappa shape index (κ2) is 5.86. The molecule has 0 aliphatic carbocycles. The molecule has 0 aromatic heterocycles. The third-order valence-corrected chi connectivity index (χ3v) is 4.28. The van der Waals surface area contributed by atoms with Gasteiger partial charge < -0.3 is 11.1 Å². The van der Waals surface area contributed by atoms with Crippen LogP contribution in [0.2, 0.25) is 10.0 Å². The number of nitrogen functional groups attached to an aromatic ring is 1. The monoisotopic (exact) mass is 456 g/mol. The van der Waals surface area contributed by atoms with Gasteiger partial charge in [-0.15, -0.1) is 0 Å². The zero-order chi connectivity index (χ0) is 13.3. The molecule has 0 amide bonds. The molecular weight excluding hydrogens is 450 g/mol. The van der Waals surface area contributed by atoms with Crippen LogP contribution in [0.15, 0.2) is 34.8 Å². The van der Waals surface area contributed by atoms with Crippen LogP contribution in [0, 0.1) is 3.57 Å². The molecule has 0 saturated carbocycles. The maximum absolute atomic E-state index is 6.14. The van der Waals surface area contributed by atoms with Crippen molar-refractivity contribution in [3.8, 4) is 0 Å². The highest BCUT2D eigenvalue weighted by Gasteiger charge is 2.09. The van der Waals surface area contributed by atoms with Crippen LogP contribution < -0.4 is 11.1 Å². The van der Waals surface area contributed by atoms with Gasteiger partial charge in [-0.2, -0.15) is 0 Å². The van der Waals surface area contributed by atoms with E-state index in [9.17, 15) is 0 Å². The number of hydrogen-bond acceptors (Lipinski definition) is 2. The summed E-state index contributed by atoms with van der Waals surface area (Å²) in [7, 11) is 0. The van der Waals surface area contributed by atoms with Crippen molar-refractivity contribution in [3.63, 3.8) is 0 Å². The van der Waals surface area contributed by atoms with E-state index >= 15 is 0 Å². The minimum Gasteiger partial charge on any atom is -0.399 e. The topological polar surface area (TPSA) is 38.0 Å². The number of benzene rings is 2. The highest BCUT2D eigenvalue weighted by atomic mass is 127. The van der Waals surface area contributed by atoms with Crippen LogP contribution in [0.25, 0.3) is 0 Å². The van der Waals surface area contributed by atoms with Crippen LogP contribution in [-0.4, -0.2) is 0 Å². The summed E-state index contributed by atoms with van der Waals surface area (Å²) in [5, 5.41) is 4.21. The molecule has 0 saturated heterocycles. The standard InChI is InChI=1S/C12H8BrCl2IN2/c13-6-1-2-10(16)11(3-6)18-12-8(14)4-7(17)5-9(12)15/h1-5,18H,17H2. The molecule has 2 aromatic rings. The lowest BCUT2D eigenvalue weighted by Gasteiger charge is -2.13. The molecular formula is C12H8BrCl2IN2. The minimum absolute atomic E-state index is 0.496. The summed E-state index contributed by atoms with van der Waals surface area (Å²) in [4.78, 5) is 0. The summed E-state index contributed by atoms with van der Waals surface area (Å²) in [6.07, 6.45) is 0. The van der Waals surface area contributed by atoms with Crippen molar-refractivity contribution < 1.29 is 0 Å². The lowest BCUT2D eigenvalue weighted by atomic mass is 10.2. The lowest BCUT2D eigenvalue weighted by Crippen LogP contribution is -1.96. The van der Waals surface area contributed by atoms with Crippen LogP contribution in [0.1, 0.15) is 0 Å². The van der Waals surface area contributed by atoms with Crippen LogP contribution in [-0.2, 0) is 0 Å². The second-order valence-electron chi connectivity index (χ2n) is 3.61. The van der Waals surface area contributed by atoms with E-state index in [1.807, 2.05) is 18.2 Å². The minimum atomic E-state index is 0.496. The van der Waals surface area contributed by atoms with Gasteiger partial charge in [-0.25, -0.2) is 0 Å². The number of hydrogen-bond donors (Lipinski definition) is 2. The molecule has 0 fully saturated rings. The Morgan fingerprint density at radius 2 is 1.72 bits per heavy atom. The second-order valence-corrected chi connectivity index (χ2v) is 6.50. The van der Waals surface area contributed by atoms with Crippen molar-refractivity contribution in [3.05, 3.63) is 48.4 Å². The summed E-state index contributed by atoms with van der Waals surface area (Å²) < 4.78 is 2.05. The average Bonchev–Trinajstić information content (AvgIpc) is 2.28. The normalized spacial score (nSPS) is 10.4. The number of nitrogens with two attached hydrogens (primary N) is 1. The Bertz CT molecular complexity index is 582. The van der Waals surface area contributed by atoms with Gasteiger partial charge in [0.05, 0.1) is 21.4 Å². The summed E-state index contributed by atoms with van der Waals surface area (Å²) in [5.74, 6) is 0. The van der Waals surface area contributed by atoms with Gasteiger partial charge in [-0.3, -0.25) is 0 Å². The first-order chi connectivity index (χ1) is 8.47. The van der Waals surface area contributed by atoms with E-state index in [0.717, 1.165) is 13.7 Å². The molecule has 2 rings (SSSR count). The van der Waals surface area contributed by atoms with E-state index in [4.69, 9.17) is 28.9 Å². The molecule has 0 heterocycles. The first kappa shape index (κ1) is 14.2. The molecule has 0 unspecified atom stereocenters. The molecule has 0 spiro atoms. The van der Waals surface area contributed by atoms with Crippen molar-refractivity contribution >= 4 is 78.8 Å². The zero-order valence-corrected chi connectivity index (χ0v) is 14.2. The van der Waals surface area contributed by atoms with Gasteiger partial charge in [-0.05, 0) is 52.9 Å². The molecule has 18 heavy (non-hydrogen) atoms. The third kappa shape index (κ3) is 3.23. The van der Waals surface area contributed by atoms with Gasteiger partial charge in [-0.1, -0.05) is 39.1 Å². The fourth-order valence-corrected chi connectivity index (χ4v) is 2.87. The fraction of sp³-hybridized carbons (Fsp3) is 0. The molecule has 3 N–H and O–H groups in total. The van der Waals surface area contributed by atoms with Crippen molar-refractivity contribution in [1.82, 2.24) is 0 Å². The SMILES string of the molecule is Nc1cc(Cl)c(Nc2cc(Br)ccc2I)c(Cl)c1. The Morgan fingerprint density at radius 3 is 2.33 bits per heavy atom. The Balaban J connectivity index is 2.43. The quantitative estimate of drug-likeness (QED) is 0.449. The molecule has 0 aliphatic rings. The van der Waals surface area contributed by atoms with E-state index in [0.29, 0.717) is 21.4 Å². The van der Waals surface area contributed by atoms with E-state index in [-0.39, 0.29) is 0 Å². The van der Waals surface area contributed by atoms with Crippen molar-refractivity contribution in [1.29, 1.82) is 0 Å². The van der Waals surface area contributed by atoms with Crippen LogP contribution >= 0.6 is 61.7 Å². The number of anilines is 3. The summed E-state index contributed by atoms with van der Waals surface area (Å²) in [5.41, 5.74) is 7.80. The van der Waals surface area contributed by atoms with E-state index in [1.165, 1.54) is 0 Å². The number of rotatable bonds is 2. The van der Waals surface area contributed by atoms with Crippen molar-refractivity contribution in [2.24, 2.45) is 0 Å². The maximum atomic E-state index is 6.14. The molecule has 0 radical (unpaired) electrons. The summed E-state index contributed by atoms with van der Waals surface area (Å²) >= 11 is 17.9. The van der Waals surface area contributed by atoms with Crippen molar-refractivity contribution in [2.75, 3.05) is 11.1 Å². The van der Waals surface area contributed by atoms with Crippen LogP contribution in [0.4, 0.5) is 17.1 Å². The van der Waals surface area contributed by atoms with Gasteiger partial charge >= 0.3 is 0 Å². The first-order valence-electron chi connectivity index (χ1n) is 4.94. The highest BCUT2D eigenvalue weighted by Crippen LogP contribution is 2.36. The highest BCUT2D eigenvalue weighted by molar-refractivity contribution is 14.1. The van der Waals surface area contributed by atoms with Gasteiger partial charge in [0.2, 0.25) is 0 Å².